The SMILES string of the molecule is COC(=O)c1cncc(C(=O)N2CCc3[nH]nc(C4CC4)c3CC2)c1. The molecule has 0 aromatic carbocycles. The zero-order chi connectivity index (χ0) is 17.4. The number of nitrogens with one attached hydrogen (secondary N) is 1. The molecule has 7 nitrogen and oxygen atoms in total. The molecule has 0 bridgehead atoms. The molecule has 1 fully saturated rings. The van der Waals surface area contributed by atoms with Gasteiger partial charge in [-0.1, -0.05) is 0 Å². The smallest absolute Gasteiger partial charge is 0.339 e. The average Bonchev–Trinajstić information content (AvgIpc) is 3.45. The molecule has 7 heteroatoms. The maximum absolute atomic E-state index is 12.8. The number of hydrogen-bond acceptors (Lipinski definition) is 5. The highest BCUT2D eigenvalue weighted by molar-refractivity contribution is 5.97. The standard InChI is InChI=1S/C18H20N4O3/c1-25-18(24)13-8-12(9-19-10-13)17(23)22-6-4-14-15(5-7-22)20-21-16(14)11-2-3-11/h8-11H,2-7H2,1H3,(H,20,21). The lowest BCUT2D eigenvalue weighted by Crippen LogP contribution is -2.33. The molecule has 1 N–H and O–H groups in total. The lowest BCUT2D eigenvalue weighted by atomic mass is 10.1. The van der Waals surface area contributed by atoms with E-state index in [0.29, 0.717) is 24.6 Å². The van der Waals surface area contributed by atoms with Gasteiger partial charge in [-0.2, -0.15) is 5.10 Å². The minimum absolute atomic E-state index is 0.107. The Labute approximate surface area is 145 Å². The van der Waals surface area contributed by atoms with E-state index in [9.17, 15) is 9.59 Å². The predicted octanol–water partition coefficient (Wildman–Crippen LogP) is 1.71. The molecule has 3 heterocycles. The minimum Gasteiger partial charge on any atom is -0.465 e. The summed E-state index contributed by atoms with van der Waals surface area (Å²) < 4.78 is 4.69. The molecule has 0 spiro atoms. The lowest BCUT2D eigenvalue weighted by Gasteiger charge is -2.20. The summed E-state index contributed by atoms with van der Waals surface area (Å²) in [7, 11) is 1.31. The number of carbonyl (C=O) groups excluding carboxylic acids is 2. The van der Waals surface area contributed by atoms with Crippen LogP contribution in [0, 0.1) is 0 Å². The summed E-state index contributed by atoms with van der Waals surface area (Å²) in [4.78, 5) is 30.3. The third-order valence-electron chi connectivity index (χ3n) is 4.91. The third kappa shape index (κ3) is 3.01. The molecule has 2 aliphatic rings. The molecule has 25 heavy (non-hydrogen) atoms. The van der Waals surface area contributed by atoms with Crippen molar-refractivity contribution in [3.8, 4) is 0 Å². The molecule has 2 aromatic heterocycles. The number of carbonyl (C=O) groups is 2. The van der Waals surface area contributed by atoms with E-state index >= 15 is 0 Å². The summed E-state index contributed by atoms with van der Waals surface area (Å²) in [6.45, 7) is 1.27. The van der Waals surface area contributed by atoms with Gasteiger partial charge in [0.05, 0.1) is 23.9 Å². The number of aromatic amines is 1. The van der Waals surface area contributed by atoms with Gasteiger partial charge in [-0.3, -0.25) is 14.9 Å². The van der Waals surface area contributed by atoms with Crippen LogP contribution in [0.25, 0.3) is 0 Å². The average molecular weight is 340 g/mol. The van der Waals surface area contributed by atoms with Crippen molar-refractivity contribution in [1.29, 1.82) is 0 Å². The molecule has 130 valence electrons. The molecule has 1 saturated carbocycles. The fraction of sp³-hybridized carbons (Fsp3) is 0.444. The third-order valence-corrected chi connectivity index (χ3v) is 4.91. The van der Waals surface area contributed by atoms with Crippen LogP contribution >= 0.6 is 0 Å². The molecule has 1 aliphatic heterocycles. The van der Waals surface area contributed by atoms with Gasteiger partial charge in [0.2, 0.25) is 0 Å². The van der Waals surface area contributed by atoms with Gasteiger partial charge in [0.25, 0.3) is 5.91 Å². The van der Waals surface area contributed by atoms with Crippen LogP contribution in [0.3, 0.4) is 0 Å². The largest absolute Gasteiger partial charge is 0.465 e. The number of fused-ring (bicyclic) bond motifs is 1. The Morgan fingerprint density at radius 2 is 1.96 bits per heavy atom. The van der Waals surface area contributed by atoms with Crippen molar-refractivity contribution < 1.29 is 14.3 Å². The van der Waals surface area contributed by atoms with Crippen LogP contribution in [0.1, 0.15) is 56.4 Å². The van der Waals surface area contributed by atoms with Crippen LogP contribution in [0.2, 0.25) is 0 Å². The van der Waals surface area contributed by atoms with Crippen LogP contribution in [-0.2, 0) is 17.6 Å². The zero-order valence-corrected chi connectivity index (χ0v) is 14.1. The van der Waals surface area contributed by atoms with Crippen molar-refractivity contribution >= 4 is 11.9 Å². The van der Waals surface area contributed by atoms with Crippen molar-refractivity contribution in [1.82, 2.24) is 20.1 Å². The molecule has 0 unspecified atom stereocenters. The number of amides is 1. The fourth-order valence-electron chi connectivity index (χ4n) is 3.37. The second-order valence-corrected chi connectivity index (χ2v) is 6.59. The molecule has 4 rings (SSSR count). The highest BCUT2D eigenvalue weighted by atomic mass is 16.5. The zero-order valence-electron chi connectivity index (χ0n) is 14.1. The molecular weight excluding hydrogens is 320 g/mol. The maximum Gasteiger partial charge on any atom is 0.339 e. The number of methoxy groups -OCH3 is 1. The van der Waals surface area contributed by atoms with E-state index in [4.69, 9.17) is 4.74 Å². The Kier molecular flexibility index (Phi) is 3.99. The van der Waals surface area contributed by atoms with Gasteiger partial charge in [-0.05, 0) is 30.9 Å². The number of hydrogen-bond donors (Lipinski definition) is 1. The molecular formula is C18H20N4O3. The second kappa shape index (κ2) is 6.31. The van der Waals surface area contributed by atoms with E-state index in [1.54, 1.807) is 6.07 Å². The molecule has 1 amide bonds. The van der Waals surface area contributed by atoms with E-state index < -0.39 is 5.97 Å². The van der Waals surface area contributed by atoms with Crippen molar-refractivity contribution in [3.05, 3.63) is 46.5 Å². The van der Waals surface area contributed by atoms with E-state index in [0.717, 1.165) is 18.5 Å². The Balaban J connectivity index is 1.51. The number of H-pyrrole nitrogens is 1. The van der Waals surface area contributed by atoms with E-state index in [-0.39, 0.29) is 11.5 Å². The number of nitrogens with zero attached hydrogens (tertiary/aromatic N) is 3. The molecule has 0 radical (unpaired) electrons. The number of pyridine rings is 1. The van der Waals surface area contributed by atoms with Crippen molar-refractivity contribution in [3.63, 3.8) is 0 Å². The second-order valence-electron chi connectivity index (χ2n) is 6.59. The number of esters is 1. The fourth-order valence-corrected chi connectivity index (χ4v) is 3.37. The normalized spacial score (nSPS) is 16.9. The van der Waals surface area contributed by atoms with E-state index in [1.165, 1.54) is 43.6 Å². The Hall–Kier alpha value is -2.70. The summed E-state index contributed by atoms with van der Waals surface area (Å²) in [5, 5.41) is 7.64. The Morgan fingerprint density at radius 3 is 2.72 bits per heavy atom. The van der Waals surface area contributed by atoms with Crippen LogP contribution in [-0.4, -0.2) is 52.2 Å². The monoisotopic (exact) mass is 340 g/mol. The molecule has 0 atom stereocenters. The number of rotatable bonds is 3. The highest BCUT2D eigenvalue weighted by Crippen LogP contribution is 2.41. The van der Waals surface area contributed by atoms with Crippen molar-refractivity contribution in [2.45, 2.75) is 31.6 Å². The van der Waals surface area contributed by atoms with Crippen molar-refractivity contribution in [2.75, 3.05) is 20.2 Å². The first-order valence-corrected chi connectivity index (χ1v) is 8.56. The predicted molar refractivity (Wildman–Crippen MR) is 89.5 cm³/mol. The van der Waals surface area contributed by atoms with Crippen LogP contribution in [0.15, 0.2) is 18.5 Å². The summed E-state index contributed by atoms with van der Waals surface area (Å²) >= 11 is 0. The van der Waals surface area contributed by atoms with Crippen LogP contribution in [0.4, 0.5) is 0 Å². The first kappa shape index (κ1) is 15.8. The van der Waals surface area contributed by atoms with E-state index in [2.05, 4.69) is 15.2 Å². The quantitative estimate of drug-likeness (QED) is 0.860. The van der Waals surface area contributed by atoms with Gasteiger partial charge in [0.15, 0.2) is 0 Å². The van der Waals surface area contributed by atoms with Crippen LogP contribution < -0.4 is 0 Å². The lowest BCUT2D eigenvalue weighted by molar-refractivity contribution is 0.0600. The van der Waals surface area contributed by atoms with Gasteiger partial charge < -0.3 is 9.64 Å². The van der Waals surface area contributed by atoms with Gasteiger partial charge in [0.1, 0.15) is 0 Å². The Bertz CT molecular complexity index is 825. The summed E-state index contributed by atoms with van der Waals surface area (Å²) in [5.74, 6) is 0.000623. The van der Waals surface area contributed by atoms with Crippen molar-refractivity contribution in [2.24, 2.45) is 0 Å². The van der Waals surface area contributed by atoms with Crippen LogP contribution in [0.5, 0.6) is 0 Å². The molecule has 1 aliphatic carbocycles. The summed E-state index contributed by atoms with van der Waals surface area (Å²) in [5.41, 5.74) is 4.33. The minimum atomic E-state index is -0.492. The topological polar surface area (TPSA) is 88.2 Å². The number of aromatic nitrogens is 3. The highest BCUT2D eigenvalue weighted by Gasteiger charge is 2.31. The first-order valence-electron chi connectivity index (χ1n) is 8.56. The van der Waals surface area contributed by atoms with E-state index in [1.807, 2.05) is 4.90 Å². The maximum atomic E-state index is 12.8. The summed E-state index contributed by atoms with van der Waals surface area (Å²) in [6, 6.07) is 1.54. The summed E-state index contributed by atoms with van der Waals surface area (Å²) in [6.07, 6.45) is 6.91. The number of ether oxygens (including phenoxy) is 1. The molecule has 2 aromatic rings. The first-order chi connectivity index (χ1) is 12.2. The molecule has 0 saturated heterocycles. The van der Waals surface area contributed by atoms with Gasteiger partial charge >= 0.3 is 5.97 Å². The van der Waals surface area contributed by atoms with Gasteiger partial charge in [0, 0.05) is 43.5 Å². The Morgan fingerprint density at radius 1 is 1.20 bits per heavy atom. The van der Waals surface area contributed by atoms with Gasteiger partial charge in [-0.25, -0.2) is 4.79 Å². The van der Waals surface area contributed by atoms with Gasteiger partial charge in [-0.15, -0.1) is 0 Å².